The van der Waals surface area contributed by atoms with Crippen LogP contribution in [0, 0.1) is 0 Å². The Balaban J connectivity index is 2.26. The monoisotopic (exact) mass is 301 g/mol. The van der Waals surface area contributed by atoms with Crippen molar-refractivity contribution in [3.8, 4) is 5.75 Å². The molecular formula is C12H16BrNOS. The maximum Gasteiger partial charge on any atom is 0.120 e. The van der Waals surface area contributed by atoms with Gasteiger partial charge in [0.1, 0.15) is 5.75 Å². The predicted octanol–water partition coefficient (Wildman–Crippen LogP) is 3.16. The first-order valence-corrected chi connectivity index (χ1v) is 7.05. The van der Waals surface area contributed by atoms with Gasteiger partial charge >= 0.3 is 0 Å². The first-order valence-electron chi connectivity index (χ1n) is 5.11. The Bertz CT molecular complexity index is 344. The highest BCUT2D eigenvalue weighted by atomic mass is 79.9. The molecule has 0 aromatic heterocycles. The van der Waals surface area contributed by atoms with Crippen LogP contribution in [-0.4, -0.2) is 23.2 Å². The summed E-state index contributed by atoms with van der Waals surface area (Å²) in [7, 11) is 0. The minimum atomic E-state index is 0.342. The second-order valence-electron chi connectivity index (χ2n) is 3.31. The number of benzene rings is 1. The topological polar surface area (TPSA) is 32.3 Å². The molecule has 1 aromatic carbocycles. The highest BCUT2D eigenvalue weighted by Gasteiger charge is 2.00. The maximum atomic E-state index is 9.60. The molecule has 2 nitrogen and oxygen atoms in total. The lowest BCUT2D eigenvalue weighted by molar-refractivity contribution is 0.465. The summed E-state index contributed by atoms with van der Waals surface area (Å²) in [6.07, 6.45) is 1.91. The number of nitrogens with one attached hydrogen (secondary N) is 1. The van der Waals surface area contributed by atoms with Crippen molar-refractivity contribution in [1.82, 2.24) is 5.32 Å². The van der Waals surface area contributed by atoms with E-state index in [2.05, 4.69) is 27.8 Å². The van der Waals surface area contributed by atoms with Gasteiger partial charge in [0, 0.05) is 34.6 Å². The number of phenols is 1. The van der Waals surface area contributed by atoms with Crippen LogP contribution in [0.1, 0.15) is 5.56 Å². The fourth-order valence-corrected chi connectivity index (χ4v) is 2.26. The van der Waals surface area contributed by atoms with Crippen LogP contribution >= 0.6 is 27.7 Å². The van der Waals surface area contributed by atoms with Gasteiger partial charge in [0.25, 0.3) is 0 Å². The normalized spacial score (nSPS) is 10.3. The van der Waals surface area contributed by atoms with E-state index in [0.717, 1.165) is 28.1 Å². The van der Waals surface area contributed by atoms with E-state index in [9.17, 15) is 5.11 Å². The Labute approximate surface area is 109 Å². The molecular weight excluding hydrogens is 286 g/mol. The third-order valence-corrected chi connectivity index (χ3v) is 3.47. The van der Waals surface area contributed by atoms with Crippen LogP contribution in [0.15, 0.2) is 35.3 Å². The van der Waals surface area contributed by atoms with Gasteiger partial charge in [0.2, 0.25) is 0 Å². The lowest BCUT2D eigenvalue weighted by Crippen LogP contribution is -2.16. The summed E-state index contributed by atoms with van der Waals surface area (Å²) in [6.45, 7) is 5.30. The van der Waals surface area contributed by atoms with Crippen molar-refractivity contribution in [2.75, 3.05) is 18.1 Å². The molecule has 0 aliphatic carbocycles. The Morgan fingerprint density at radius 2 is 2.31 bits per heavy atom. The van der Waals surface area contributed by atoms with Crippen LogP contribution < -0.4 is 5.32 Å². The van der Waals surface area contributed by atoms with Crippen LogP contribution in [0.25, 0.3) is 0 Å². The molecule has 0 heterocycles. The Kier molecular flexibility index (Phi) is 6.61. The largest absolute Gasteiger partial charge is 0.508 e. The number of rotatable bonds is 7. The molecule has 0 spiro atoms. The molecule has 0 unspecified atom stereocenters. The zero-order valence-electron chi connectivity index (χ0n) is 9.08. The number of aromatic hydroxyl groups is 1. The lowest BCUT2D eigenvalue weighted by Gasteiger charge is -2.06. The molecule has 88 valence electrons. The van der Waals surface area contributed by atoms with Crippen LogP contribution in [0.5, 0.6) is 5.75 Å². The van der Waals surface area contributed by atoms with E-state index >= 15 is 0 Å². The molecule has 0 bridgehead atoms. The van der Waals surface area contributed by atoms with Gasteiger partial charge in [-0.2, -0.15) is 11.8 Å². The summed E-state index contributed by atoms with van der Waals surface area (Å²) >= 11 is 5.23. The van der Waals surface area contributed by atoms with E-state index in [-0.39, 0.29) is 0 Å². The molecule has 0 amide bonds. The number of thioether (sulfide) groups is 1. The van der Waals surface area contributed by atoms with Crippen LogP contribution in [0.4, 0.5) is 0 Å². The van der Waals surface area contributed by atoms with Crippen molar-refractivity contribution in [3.63, 3.8) is 0 Å². The Morgan fingerprint density at radius 1 is 1.50 bits per heavy atom. The van der Waals surface area contributed by atoms with Crippen molar-refractivity contribution in [2.45, 2.75) is 6.54 Å². The number of hydrogen-bond donors (Lipinski definition) is 2. The second kappa shape index (κ2) is 7.76. The molecule has 0 saturated heterocycles. The third kappa shape index (κ3) is 5.05. The van der Waals surface area contributed by atoms with Crippen molar-refractivity contribution in [2.24, 2.45) is 0 Å². The van der Waals surface area contributed by atoms with E-state index in [1.165, 1.54) is 0 Å². The molecule has 0 aliphatic rings. The third-order valence-electron chi connectivity index (χ3n) is 2.02. The maximum absolute atomic E-state index is 9.60. The molecule has 4 heteroatoms. The van der Waals surface area contributed by atoms with Crippen LogP contribution in [0.2, 0.25) is 0 Å². The summed E-state index contributed by atoms with van der Waals surface area (Å²) in [5, 5.41) is 12.9. The van der Waals surface area contributed by atoms with Gasteiger partial charge in [-0.05, 0) is 18.2 Å². The zero-order valence-corrected chi connectivity index (χ0v) is 11.5. The summed E-state index contributed by atoms with van der Waals surface area (Å²) in [4.78, 5) is 0. The standard InChI is InChI=1S/C12H16BrNOS/c1-2-6-16-7-5-14-9-10-8-11(13)3-4-12(10)15/h2-4,8,14-15H,1,5-7,9H2. The number of hydrogen-bond acceptors (Lipinski definition) is 3. The number of halogens is 1. The molecule has 2 N–H and O–H groups in total. The highest BCUT2D eigenvalue weighted by molar-refractivity contribution is 9.10. The second-order valence-corrected chi connectivity index (χ2v) is 5.38. The Hall–Kier alpha value is -0.450. The highest BCUT2D eigenvalue weighted by Crippen LogP contribution is 2.21. The fraction of sp³-hybridized carbons (Fsp3) is 0.333. The molecule has 0 aliphatic heterocycles. The van der Waals surface area contributed by atoms with Crippen molar-refractivity contribution >= 4 is 27.7 Å². The molecule has 0 atom stereocenters. The van der Waals surface area contributed by atoms with E-state index < -0.39 is 0 Å². The Morgan fingerprint density at radius 3 is 3.06 bits per heavy atom. The average Bonchev–Trinajstić information content (AvgIpc) is 2.28. The van der Waals surface area contributed by atoms with Gasteiger partial charge in [0.05, 0.1) is 0 Å². The van der Waals surface area contributed by atoms with Crippen LogP contribution in [0.3, 0.4) is 0 Å². The molecule has 0 fully saturated rings. The molecule has 1 rings (SSSR count). The van der Waals surface area contributed by atoms with E-state index in [4.69, 9.17) is 0 Å². The quantitative estimate of drug-likeness (QED) is 0.599. The average molecular weight is 302 g/mol. The first-order chi connectivity index (χ1) is 7.74. The minimum absolute atomic E-state index is 0.342. The molecule has 0 saturated carbocycles. The minimum Gasteiger partial charge on any atom is -0.508 e. The van der Waals surface area contributed by atoms with Gasteiger partial charge < -0.3 is 10.4 Å². The van der Waals surface area contributed by atoms with Gasteiger partial charge in [0.15, 0.2) is 0 Å². The summed E-state index contributed by atoms with van der Waals surface area (Å²) in [6, 6.07) is 5.46. The molecule has 0 radical (unpaired) electrons. The number of phenolic OH excluding ortho intramolecular Hbond substituents is 1. The molecule has 1 aromatic rings. The van der Waals surface area contributed by atoms with E-state index in [1.54, 1.807) is 6.07 Å². The summed E-state index contributed by atoms with van der Waals surface area (Å²) < 4.78 is 0.989. The van der Waals surface area contributed by atoms with E-state index in [1.807, 2.05) is 30.0 Å². The smallest absolute Gasteiger partial charge is 0.120 e. The van der Waals surface area contributed by atoms with Crippen molar-refractivity contribution < 1.29 is 5.11 Å². The molecule has 16 heavy (non-hydrogen) atoms. The van der Waals surface area contributed by atoms with Gasteiger partial charge in [-0.25, -0.2) is 0 Å². The first kappa shape index (κ1) is 13.6. The lowest BCUT2D eigenvalue weighted by atomic mass is 10.2. The van der Waals surface area contributed by atoms with Gasteiger partial charge in [-0.15, -0.1) is 6.58 Å². The fourth-order valence-electron chi connectivity index (χ4n) is 1.23. The van der Waals surface area contributed by atoms with Gasteiger partial charge in [-0.3, -0.25) is 0 Å². The van der Waals surface area contributed by atoms with Crippen LogP contribution in [-0.2, 0) is 6.54 Å². The SMILES string of the molecule is C=CCSCCNCc1cc(Br)ccc1O. The summed E-state index contributed by atoms with van der Waals surface area (Å²) in [5.74, 6) is 2.39. The van der Waals surface area contributed by atoms with E-state index in [0.29, 0.717) is 12.3 Å². The van der Waals surface area contributed by atoms with Crippen molar-refractivity contribution in [1.29, 1.82) is 0 Å². The predicted molar refractivity (Wildman–Crippen MR) is 75.0 cm³/mol. The van der Waals surface area contributed by atoms with Gasteiger partial charge in [-0.1, -0.05) is 22.0 Å². The van der Waals surface area contributed by atoms with Crippen molar-refractivity contribution in [3.05, 3.63) is 40.9 Å². The zero-order chi connectivity index (χ0) is 11.8. The summed E-state index contributed by atoms with van der Waals surface area (Å²) in [5.41, 5.74) is 0.920.